The number of ether oxygens (including phenoxy) is 1. The maximum absolute atomic E-state index is 6.21. The van der Waals surface area contributed by atoms with Crippen LogP contribution in [0.2, 0.25) is 0 Å². The minimum absolute atomic E-state index is 0.132. The van der Waals surface area contributed by atoms with Crippen LogP contribution in [0.15, 0.2) is 30.3 Å². The first-order chi connectivity index (χ1) is 9.18. The average molecular weight is 262 g/mol. The fourth-order valence-electron chi connectivity index (χ4n) is 3.06. The first kappa shape index (κ1) is 14.5. The third kappa shape index (κ3) is 4.03. The van der Waals surface area contributed by atoms with Crippen molar-refractivity contribution in [3.63, 3.8) is 0 Å². The molecule has 2 N–H and O–H groups in total. The Morgan fingerprint density at radius 1 is 1.26 bits per heavy atom. The Balaban J connectivity index is 2.02. The molecule has 0 aliphatic carbocycles. The summed E-state index contributed by atoms with van der Waals surface area (Å²) in [5, 5.41) is 0. The van der Waals surface area contributed by atoms with Crippen LogP contribution >= 0.6 is 0 Å². The number of nitrogens with two attached hydrogens (primary N) is 1. The molecule has 0 spiro atoms. The lowest BCUT2D eigenvalue weighted by Crippen LogP contribution is -2.40. The highest BCUT2D eigenvalue weighted by molar-refractivity contribution is 5.20. The Hall–Kier alpha value is -0.900. The van der Waals surface area contributed by atoms with E-state index in [1.54, 1.807) is 0 Å². The number of rotatable bonds is 5. The molecule has 106 valence electrons. The highest BCUT2D eigenvalue weighted by Crippen LogP contribution is 2.25. The number of hydrogen-bond acceptors (Lipinski definition) is 3. The Bertz CT molecular complexity index is 360. The fourth-order valence-corrected chi connectivity index (χ4v) is 3.06. The second-order valence-corrected chi connectivity index (χ2v) is 5.71. The van der Waals surface area contributed by atoms with Crippen molar-refractivity contribution in [2.45, 2.75) is 31.8 Å². The Morgan fingerprint density at radius 3 is 2.47 bits per heavy atom. The molecule has 0 aromatic heterocycles. The van der Waals surface area contributed by atoms with E-state index in [2.05, 4.69) is 49.2 Å². The van der Waals surface area contributed by atoms with E-state index >= 15 is 0 Å². The zero-order valence-electron chi connectivity index (χ0n) is 12.1. The third-order valence-corrected chi connectivity index (χ3v) is 4.00. The van der Waals surface area contributed by atoms with Gasteiger partial charge in [0.25, 0.3) is 0 Å². The highest BCUT2D eigenvalue weighted by Gasteiger charge is 2.24. The summed E-state index contributed by atoms with van der Waals surface area (Å²) in [4.78, 5) is 2.41. The Kier molecular flexibility index (Phi) is 5.37. The summed E-state index contributed by atoms with van der Waals surface area (Å²) >= 11 is 0. The molecule has 0 amide bonds. The summed E-state index contributed by atoms with van der Waals surface area (Å²) in [6.07, 6.45) is 2.34. The summed E-state index contributed by atoms with van der Waals surface area (Å²) in [5.41, 5.74) is 7.52. The molecule has 2 atom stereocenters. The van der Waals surface area contributed by atoms with Crippen LogP contribution in [0.1, 0.15) is 31.4 Å². The standard InChI is InChI=1S/C16H26N2O/c1-13(17)16(15-6-4-3-5-7-15)18(2)12-14-8-10-19-11-9-14/h3-7,13-14,16H,8-12,17H2,1-2H3. The topological polar surface area (TPSA) is 38.5 Å². The molecule has 1 saturated heterocycles. The molecular formula is C16H26N2O. The lowest BCUT2D eigenvalue weighted by atomic mass is 9.95. The van der Waals surface area contributed by atoms with Crippen molar-refractivity contribution in [1.29, 1.82) is 0 Å². The van der Waals surface area contributed by atoms with Crippen molar-refractivity contribution in [2.24, 2.45) is 11.7 Å². The molecule has 0 bridgehead atoms. The molecule has 1 fully saturated rings. The molecule has 3 heteroatoms. The van der Waals surface area contributed by atoms with Crippen LogP contribution < -0.4 is 5.73 Å². The van der Waals surface area contributed by atoms with Crippen molar-refractivity contribution in [3.8, 4) is 0 Å². The van der Waals surface area contributed by atoms with Gasteiger partial charge in [0.1, 0.15) is 0 Å². The van der Waals surface area contributed by atoms with Crippen molar-refractivity contribution in [2.75, 3.05) is 26.8 Å². The summed E-state index contributed by atoms with van der Waals surface area (Å²) in [6, 6.07) is 11.0. The first-order valence-electron chi connectivity index (χ1n) is 7.27. The molecule has 3 nitrogen and oxygen atoms in total. The van der Waals surface area contributed by atoms with E-state index in [4.69, 9.17) is 10.5 Å². The van der Waals surface area contributed by atoms with E-state index in [1.807, 2.05) is 0 Å². The van der Waals surface area contributed by atoms with E-state index in [9.17, 15) is 0 Å². The van der Waals surface area contributed by atoms with Crippen LogP contribution in [0.25, 0.3) is 0 Å². The van der Waals surface area contributed by atoms with Gasteiger partial charge < -0.3 is 10.5 Å². The minimum Gasteiger partial charge on any atom is -0.381 e. The van der Waals surface area contributed by atoms with E-state index in [-0.39, 0.29) is 6.04 Å². The van der Waals surface area contributed by atoms with Crippen LogP contribution in [-0.4, -0.2) is 37.7 Å². The zero-order chi connectivity index (χ0) is 13.7. The zero-order valence-corrected chi connectivity index (χ0v) is 12.1. The van der Waals surface area contributed by atoms with E-state index < -0.39 is 0 Å². The van der Waals surface area contributed by atoms with E-state index in [0.29, 0.717) is 6.04 Å². The van der Waals surface area contributed by atoms with Gasteiger partial charge in [0, 0.05) is 31.8 Å². The van der Waals surface area contributed by atoms with Crippen LogP contribution in [0.4, 0.5) is 0 Å². The SMILES string of the molecule is CC(N)C(c1ccccc1)N(C)CC1CCOCC1. The molecule has 2 rings (SSSR count). The lowest BCUT2D eigenvalue weighted by Gasteiger charge is -2.35. The predicted octanol–water partition coefficient (Wildman–Crippen LogP) is 2.43. The van der Waals surface area contributed by atoms with Gasteiger partial charge in [0.15, 0.2) is 0 Å². The summed E-state index contributed by atoms with van der Waals surface area (Å²) in [5.74, 6) is 0.740. The summed E-state index contributed by atoms with van der Waals surface area (Å²) < 4.78 is 5.43. The first-order valence-corrected chi connectivity index (χ1v) is 7.27. The fraction of sp³-hybridized carbons (Fsp3) is 0.625. The van der Waals surface area contributed by atoms with Gasteiger partial charge in [-0.2, -0.15) is 0 Å². The van der Waals surface area contributed by atoms with Gasteiger partial charge >= 0.3 is 0 Å². The molecule has 19 heavy (non-hydrogen) atoms. The molecule has 2 unspecified atom stereocenters. The molecule has 1 aromatic rings. The van der Waals surface area contributed by atoms with Gasteiger partial charge in [-0.1, -0.05) is 30.3 Å². The summed E-state index contributed by atoms with van der Waals surface area (Å²) in [6.45, 7) is 5.02. The molecule has 0 saturated carbocycles. The van der Waals surface area contributed by atoms with Crippen molar-refractivity contribution >= 4 is 0 Å². The van der Waals surface area contributed by atoms with Crippen molar-refractivity contribution in [3.05, 3.63) is 35.9 Å². The highest BCUT2D eigenvalue weighted by atomic mass is 16.5. The maximum atomic E-state index is 6.21. The minimum atomic E-state index is 0.132. The number of benzene rings is 1. The largest absolute Gasteiger partial charge is 0.381 e. The number of hydrogen-bond donors (Lipinski definition) is 1. The van der Waals surface area contributed by atoms with Gasteiger partial charge in [0.2, 0.25) is 0 Å². The molecule has 1 heterocycles. The van der Waals surface area contributed by atoms with Gasteiger partial charge in [-0.15, -0.1) is 0 Å². The van der Waals surface area contributed by atoms with Gasteiger partial charge in [-0.3, -0.25) is 4.90 Å². The van der Waals surface area contributed by atoms with Gasteiger partial charge in [0.05, 0.1) is 0 Å². The molecular weight excluding hydrogens is 236 g/mol. The molecule has 1 aliphatic rings. The van der Waals surface area contributed by atoms with Gasteiger partial charge in [-0.05, 0) is 38.3 Å². The van der Waals surface area contributed by atoms with Crippen molar-refractivity contribution in [1.82, 2.24) is 4.90 Å². The third-order valence-electron chi connectivity index (χ3n) is 4.00. The average Bonchev–Trinajstić information content (AvgIpc) is 2.40. The summed E-state index contributed by atoms with van der Waals surface area (Å²) in [7, 11) is 2.19. The van der Waals surface area contributed by atoms with Crippen LogP contribution in [-0.2, 0) is 4.74 Å². The van der Waals surface area contributed by atoms with Crippen LogP contribution in [0.5, 0.6) is 0 Å². The second-order valence-electron chi connectivity index (χ2n) is 5.71. The van der Waals surface area contributed by atoms with Crippen LogP contribution in [0.3, 0.4) is 0 Å². The molecule has 1 aliphatic heterocycles. The number of nitrogens with zero attached hydrogens (tertiary/aromatic N) is 1. The maximum Gasteiger partial charge on any atom is 0.0493 e. The molecule has 1 aromatic carbocycles. The Morgan fingerprint density at radius 2 is 1.89 bits per heavy atom. The quantitative estimate of drug-likeness (QED) is 0.885. The van der Waals surface area contributed by atoms with E-state index in [1.165, 1.54) is 18.4 Å². The van der Waals surface area contributed by atoms with Gasteiger partial charge in [-0.25, -0.2) is 0 Å². The van der Waals surface area contributed by atoms with Crippen molar-refractivity contribution < 1.29 is 4.74 Å². The number of likely N-dealkylation sites (N-methyl/N-ethyl adjacent to an activating group) is 1. The Labute approximate surface area is 116 Å². The normalized spacial score (nSPS) is 20.4. The second kappa shape index (κ2) is 7.04. The van der Waals surface area contributed by atoms with E-state index in [0.717, 1.165) is 25.7 Å². The van der Waals surface area contributed by atoms with Crippen LogP contribution in [0, 0.1) is 5.92 Å². The smallest absolute Gasteiger partial charge is 0.0493 e. The predicted molar refractivity (Wildman–Crippen MR) is 79.0 cm³/mol. The lowest BCUT2D eigenvalue weighted by molar-refractivity contribution is 0.0487. The molecule has 0 radical (unpaired) electrons. The monoisotopic (exact) mass is 262 g/mol.